The topological polar surface area (TPSA) is 18.5 Å². The second-order valence-corrected chi connectivity index (χ2v) is 5.27. The molecule has 0 saturated carbocycles. The highest BCUT2D eigenvalue weighted by Crippen LogP contribution is 2.31. The predicted octanol–water partition coefficient (Wildman–Crippen LogP) is 2.12. The van der Waals surface area contributed by atoms with Crippen LogP contribution < -0.4 is 0 Å². The van der Waals surface area contributed by atoms with Crippen molar-refractivity contribution in [2.45, 2.75) is 5.54 Å². The van der Waals surface area contributed by atoms with Crippen LogP contribution >= 0.6 is 0 Å². The van der Waals surface area contributed by atoms with Gasteiger partial charge in [0.05, 0.1) is 0 Å². The number of benzene rings is 1. The summed E-state index contributed by atoms with van der Waals surface area (Å²) >= 11 is 0. The van der Waals surface area contributed by atoms with E-state index in [4.69, 9.17) is 8.85 Å². The van der Waals surface area contributed by atoms with Gasteiger partial charge >= 0.3 is 9.28 Å². The van der Waals surface area contributed by atoms with Crippen LogP contribution in [-0.4, -0.2) is 23.5 Å². The molecule has 1 atom stereocenters. The quantitative estimate of drug-likeness (QED) is 0.704. The van der Waals surface area contributed by atoms with Crippen molar-refractivity contribution in [2.24, 2.45) is 0 Å². The van der Waals surface area contributed by atoms with Crippen molar-refractivity contribution in [3.63, 3.8) is 0 Å². The van der Waals surface area contributed by atoms with E-state index in [1.807, 2.05) is 0 Å². The van der Waals surface area contributed by atoms with Crippen LogP contribution in [-0.2, 0) is 8.85 Å². The first-order valence-electron chi connectivity index (χ1n) is 4.58. The molecule has 0 fully saturated rings. The van der Waals surface area contributed by atoms with Crippen LogP contribution in [0.15, 0.2) is 30.3 Å². The van der Waals surface area contributed by atoms with Crippen LogP contribution in [0.2, 0.25) is 0 Å². The van der Waals surface area contributed by atoms with Gasteiger partial charge in [-0.2, -0.15) is 0 Å². The molecule has 0 amide bonds. The Morgan fingerprint density at radius 1 is 1.14 bits per heavy atom. The summed E-state index contributed by atoms with van der Waals surface area (Å²) in [6.07, 6.45) is 4.31. The van der Waals surface area contributed by atoms with Crippen molar-refractivity contribution in [3.8, 4) is 0 Å². The standard InChI is InChI=1S/C11H13O2Si/c1-12-14(13-2)11-8-7-9-5-3-4-6-10(9)11/h3-8,11H,1-2H3. The summed E-state index contributed by atoms with van der Waals surface area (Å²) in [6, 6.07) is 8.38. The molecule has 2 nitrogen and oxygen atoms in total. The molecule has 0 N–H and O–H groups in total. The van der Waals surface area contributed by atoms with Crippen molar-refractivity contribution >= 4 is 15.4 Å². The molecule has 3 heteroatoms. The molecular weight excluding hydrogens is 192 g/mol. The molecule has 73 valence electrons. The molecule has 1 unspecified atom stereocenters. The van der Waals surface area contributed by atoms with Crippen LogP contribution in [0.5, 0.6) is 0 Å². The number of rotatable bonds is 3. The van der Waals surface area contributed by atoms with Crippen molar-refractivity contribution in [1.82, 2.24) is 0 Å². The lowest BCUT2D eigenvalue weighted by Gasteiger charge is -2.16. The molecular formula is C11H13O2Si. The average molecular weight is 205 g/mol. The highest BCUT2D eigenvalue weighted by atomic mass is 28.3. The Bertz CT molecular complexity index is 345. The van der Waals surface area contributed by atoms with Crippen molar-refractivity contribution in [3.05, 3.63) is 41.5 Å². The molecule has 0 bridgehead atoms. The van der Waals surface area contributed by atoms with E-state index in [1.54, 1.807) is 14.2 Å². The maximum absolute atomic E-state index is 5.37. The molecule has 0 aromatic heterocycles. The molecule has 0 spiro atoms. The molecule has 0 heterocycles. The lowest BCUT2D eigenvalue weighted by Crippen LogP contribution is -2.26. The number of fused-ring (bicyclic) bond motifs is 1. The summed E-state index contributed by atoms with van der Waals surface area (Å²) in [5.41, 5.74) is 2.94. The van der Waals surface area contributed by atoms with E-state index in [0.29, 0.717) is 5.54 Å². The van der Waals surface area contributed by atoms with E-state index in [-0.39, 0.29) is 0 Å². The van der Waals surface area contributed by atoms with Crippen LogP contribution in [0.25, 0.3) is 6.08 Å². The monoisotopic (exact) mass is 205 g/mol. The molecule has 0 aliphatic heterocycles. The van der Waals surface area contributed by atoms with E-state index >= 15 is 0 Å². The average Bonchev–Trinajstić information content (AvgIpc) is 2.65. The minimum Gasteiger partial charge on any atom is -0.396 e. The molecule has 1 radical (unpaired) electrons. The van der Waals surface area contributed by atoms with Gasteiger partial charge in [-0.15, -0.1) is 0 Å². The second-order valence-electron chi connectivity index (χ2n) is 3.19. The SMILES string of the molecule is CO[Si](OC)C1C=Cc2ccccc21. The highest BCUT2D eigenvalue weighted by Gasteiger charge is 2.29. The summed E-state index contributed by atoms with van der Waals surface area (Å²) < 4.78 is 10.7. The lowest BCUT2D eigenvalue weighted by molar-refractivity contribution is 0.272. The summed E-state index contributed by atoms with van der Waals surface area (Å²) in [5, 5.41) is 0. The Kier molecular flexibility index (Phi) is 2.81. The molecule has 1 aromatic carbocycles. The van der Waals surface area contributed by atoms with E-state index in [9.17, 15) is 0 Å². The fourth-order valence-corrected chi connectivity index (χ4v) is 3.24. The van der Waals surface area contributed by atoms with Gasteiger partial charge in [-0.3, -0.25) is 0 Å². The van der Waals surface area contributed by atoms with Gasteiger partial charge in [0, 0.05) is 19.8 Å². The van der Waals surface area contributed by atoms with Gasteiger partial charge in [-0.05, 0) is 11.1 Å². The Morgan fingerprint density at radius 2 is 1.86 bits per heavy atom. The van der Waals surface area contributed by atoms with Gasteiger partial charge in [-0.25, -0.2) is 0 Å². The normalized spacial score (nSPS) is 18.9. The zero-order valence-electron chi connectivity index (χ0n) is 8.36. The predicted molar refractivity (Wildman–Crippen MR) is 58.0 cm³/mol. The van der Waals surface area contributed by atoms with Crippen molar-refractivity contribution < 1.29 is 8.85 Å². The Hall–Kier alpha value is -0.903. The maximum Gasteiger partial charge on any atom is 0.396 e. The van der Waals surface area contributed by atoms with E-state index in [2.05, 4.69) is 36.4 Å². The Balaban J connectivity index is 2.29. The first kappa shape index (κ1) is 9.64. The third-order valence-electron chi connectivity index (χ3n) is 2.46. The van der Waals surface area contributed by atoms with E-state index < -0.39 is 9.28 Å². The fraction of sp³-hybridized carbons (Fsp3) is 0.273. The summed E-state index contributed by atoms with van der Waals surface area (Å²) in [5.74, 6) is 0. The summed E-state index contributed by atoms with van der Waals surface area (Å²) in [7, 11) is 2.23. The third kappa shape index (κ3) is 1.54. The first-order chi connectivity index (χ1) is 6.86. The second kappa shape index (κ2) is 4.08. The van der Waals surface area contributed by atoms with Gasteiger partial charge in [0.1, 0.15) is 0 Å². The fourth-order valence-electron chi connectivity index (χ4n) is 1.79. The molecule has 1 aliphatic carbocycles. The van der Waals surface area contributed by atoms with Crippen molar-refractivity contribution in [2.75, 3.05) is 14.2 Å². The Morgan fingerprint density at radius 3 is 2.57 bits per heavy atom. The van der Waals surface area contributed by atoms with Crippen LogP contribution in [0.4, 0.5) is 0 Å². The van der Waals surface area contributed by atoms with Crippen molar-refractivity contribution in [1.29, 1.82) is 0 Å². The lowest BCUT2D eigenvalue weighted by atomic mass is 10.1. The first-order valence-corrected chi connectivity index (χ1v) is 5.98. The molecule has 14 heavy (non-hydrogen) atoms. The molecule has 1 aliphatic rings. The van der Waals surface area contributed by atoms with E-state index in [0.717, 1.165) is 0 Å². The largest absolute Gasteiger partial charge is 0.396 e. The smallest absolute Gasteiger partial charge is 0.396 e. The minimum absolute atomic E-state index is 0.325. The molecule has 0 saturated heterocycles. The van der Waals surface area contributed by atoms with Gasteiger partial charge in [-0.1, -0.05) is 36.4 Å². The van der Waals surface area contributed by atoms with Gasteiger partial charge < -0.3 is 8.85 Å². The molecule has 2 rings (SSSR count). The molecule has 1 aromatic rings. The third-order valence-corrected chi connectivity index (χ3v) is 4.27. The number of allylic oxidation sites excluding steroid dienone is 1. The number of hydrogen-bond donors (Lipinski definition) is 0. The zero-order chi connectivity index (χ0) is 9.97. The van der Waals surface area contributed by atoms with Gasteiger partial charge in [0.25, 0.3) is 0 Å². The summed E-state index contributed by atoms with van der Waals surface area (Å²) in [6.45, 7) is 0. The Labute approximate surface area is 86.0 Å². The summed E-state index contributed by atoms with van der Waals surface area (Å²) in [4.78, 5) is 0. The minimum atomic E-state index is -1.20. The van der Waals surface area contributed by atoms with Crippen LogP contribution in [0.3, 0.4) is 0 Å². The van der Waals surface area contributed by atoms with E-state index in [1.165, 1.54) is 11.1 Å². The van der Waals surface area contributed by atoms with Crippen LogP contribution in [0.1, 0.15) is 16.7 Å². The van der Waals surface area contributed by atoms with Gasteiger partial charge in [0.2, 0.25) is 0 Å². The number of hydrogen-bond acceptors (Lipinski definition) is 2. The van der Waals surface area contributed by atoms with Crippen LogP contribution in [0, 0.1) is 0 Å². The highest BCUT2D eigenvalue weighted by molar-refractivity contribution is 6.47. The maximum atomic E-state index is 5.37. The zero-order valence-corrected chi connectivity index (χ0v) is 9.36. The van der Waals surface area contributed by atoms with Gasteiger partial charge in [0.15, 0.2) is 0 Å².